The van der Waals surface area contributed by atoms with Crippen LogP contribution in [0.3, 0.4) is 0 Å². The fourth-order valence-electron chi connectivity index (χ4n) is 2.57. The summed E-state index contributed by atoms with van der Waals surface area (Å²) in [4.78, 5) is 0.199. The summed E-state index contributed by atoms with van der Waals surface area (Å²) in [6.45, 7) is 5.83. The highest BCUT2D eigenvalue weighted by Crippen LogP contribution is 2.46. The van der Waals surface area contributed by atoms with Crippen molar-refractivity contribution >= 4 is 9.84 Å². The molecule has 2 rings (SSSR count). The molecule has 1 aromatic carbocycles. The van der Waals surface area contributed by atoms with Crippen LogP contribution < -0.4 is 4.74 Å². The number of benzene rings is 1. The molecule has 0 fully saturated rings. The van der Waals surface area contributed by atoms with Gasteiger partial charge in [0, 0.05) is 6.26 Å². The zero-order valence-electron chi connectivity index (χ0n) is 13.5. The van der Waals surface area contributed by atoms with Gasteiger partial charge in [0.25, 0.3) is 0 Å². The molecule has 0 aliphatic carbocycles. The first-order valence-electron chi connectivity index (χ1n) is 7.10. The lowest BCUT2D eigenvalue weighted by Crippen LogP contribution is -2.24. The maximum absolute atomic E-state index is 12.3. The van der Waals surface area contributed by atoms with Gasteiger partial charge in [0.1, 0.15) is 28.1 Å². The molecule has 0 unspecified atom stereocenters. The summed E-state index contributed by atoms with van der Waals surface area (Å²) in [6.07, 6.45) is 0.514. The van der Waals surface area contributed by atoms with Gasteiger partial charge in [0.15, 0.2) is 9.84 Å². The molecule has 1 aliphatic rings. The summed E-state index contributed by atoms with van der Waals surface area (Å²) in [6, 6.07) is 7.17. The van der Waals surface area contributed by atoms with Crippen LogP contribution >= 0.6 is 0 Å². The van der Waals surface area contributed by atoms with E-state index in [9.17, 15) is 8.42 Å². The average Bonchev–Trinajstić information content (AvgIpc) is 2.71. The highest BCUT2D eigenvalue weighted by atomic mass is 32.2. The van der Waals surface area contributed by atoms with Gasteiger partial charge in [0.2, 0.25) is 0 Å². The van der Waals surface area contributed by atoms with E-state index in [4.69, 9.17) is 14.2 Å². The van der Waals surface area contributed by atoms with Crippen LogP contribution in [0.15, 0.2) is 34.9 Å². The van der Waals surface area contributed by atoms with E-state index in [1.165, 1.54) is 6.26 Å². The van der Waals surface area contributed by atoms with Gasteiger partial charge in [-0.2, -0.15) is 0 Å². The predicted octanol–water partition coefficient (Wildman–Crippen LogP) is 2.84. The Kier molecular flexibility index (Phi) is 4.54. The average molecular weight is 326 g/mol. The van der Waals surface area contributed by atoms with E-state index in [0.717, 1.165) is 5.56 Å². The number of hydrogen-bond donors (Lipinski definition) is 0. The predicted molar refractivity (Wildman–Crippen MR) is 84.4 cm³/mol. The Morgan fingerprint density at radius 2 is 1.82 bits per heavy atom. The third-order valence-corrected chi connectivity index (χ3v) is 4.73. The van der Waals surface area contributed by atoms with Crippen molar-refractivity contribution in [3.05, 3.63) is 40.5 Å². The van der Waals surface area contributed by atoms with Gasteiger partial charge in [-0.25, -0.2) is 8.42 Å². The second-order valence-corrected chi connectivity index (χ2v) is 7.66. The fraction of sp³-hybridized carbons (Fsp3) is 0.500. The SMILES string of the molecule is CCOC1=C(S(C)(=O)=O)[C@H](c2ccc(OC)cc2)OC1(C)C. The maximum Gasteiger partial charge on any atom is 0.178 e. The van der Waals surface area contributed by atoms with Gasteiger partial charge >= 0.3 is 0 Å². The molecule has 0 aromatic heterocycles. The molecule has 0 bridgehead atoms. The van der Waals surface area contributed by atoms with Gasteiger partial charge in [-0.3, -0.25) is 0 Å². The Morgan fingerprint density at radius 1 is 1.23 bits per heavy atom. The van der Waals surface area contributed by atoms with Crippen molar-refractivity contribution in [2.75, 3.05) is 20.0 Å². The molecule has 0 N–H and O–H groups in total. The second-order valence-electron chi connectivity index (χ2n) is 5.68. The van der Waals surface area contributed by atoms with E-state index in [2.05, 4.69) is 0 Å². The molecule has 122 valence electrons. The highest BCUT2D eigenvalue weighted by molar-refractivity contribution is 7.94. The molecular weight excluding hydrogens is 304 g/mol. The van der Waals surface area contributed by atoms with Crippen molar-refractivity contribution in [2.45, 2.75) is 32.5 Å². The molecule has 0 saturated heterocycles. The number of hydrogen-bond acceptors (Lipinski definition) is 5. The largest absolute Gasteiger partial charge is 0.497 e. The molecule has 5 nitrogen and oxygen atoms in total. The van der Waals surface area contributed by atoms with Gasteiger partial charge in [-0.15, -0.1) is 0 Å². The van der Waals surface area contributed by atoms with Crippen LogP contribution in [0.4, 0.5) is 0 Å². The minimum atomic E-state index is -3.46. The third kappa shape index (κ3) is 3.13. The Morgan fingerprint density at radius 3 is 2.27 bits per heavy atom. The Bertz CT molecular complexity index is 671. The lowest BCUT2D eigenvalue weighted by Gasteiger charge is -2.23. The molecule has 1 aromatic rings. The number of sulfone groups is 1. The normalized spacial score (nSPS) is 21.0. The molecule has 0 saturated carbocycles. The van der Waals surface area contributed by atoms with Gasteiger partial charge in [-0.1, -0.05) is 12.1 Å². The minimum Gasteiger partial charge on any atom is -0.497 e. The molecule has 1 aliphatic heterocycles. The summed E-state index contributed by atoms with van der Waals surface area (Å²) in [7, 11) is -1.88. The van der Waals surface area contributed by atoms with Crippen molar-refractivity contribution in [1.82, 2.24) is 0 Å². The van der Waals surface area contributed by atoms with Crippen LogP contribution in [-0.2, 0) is 19.3 Å². The van der Waals surface area contributed by atoms with Crippen LogP contribution in [0.2, 0.25) is 0 Å². The van der Waals surface area contributed by atoms with E-state index in [1.807, 2.05) is 20.8 Å². The Balaban J connectivity index is 2.55. The van der Waals surface area contributed by atoms with Gasteiger partial charge in [-0.05, 0) is 38.5 Å². The van der Waals surface area contributed by atoms with Crippen LogP contribution in [0.1, 0.15) is 32.4 Å². The molecule has 0 spiro atoms. The summed E-state index contributed by atoms with van der Waals surface area (Å²) in [5.41, 5.74) is -0.0389. The van der Waals surface area contributed by atoms with Crippen molar-refractivity contribution in [1.29, 1.82) is 0 Å². The molecule has 1 atom stereocenters. The second kappa shape index (κ2) is 5.93. The molecule has 6 heteroatoms. The van der Waals surface area contributed by atoms with Crippen molar-refractivity contribution in [3.63, 3.8) is 0 Å². The summed E-state index contributed by atoms with van der Waals surface area (Å²) >= 11 is 0. The van der Waals surface area contributed by atoms with E-state index in [1.54, 1.807) is 31.4 Å². The van der Waals surface area contributed by atoms with Crippen molar-refractivity contribution < 1.29 is 22.6 Å². The van der Waals surface area contributed by atoms with E-state index >= 15 is 0 Å². The minimum absolute atomic E-state index is 0.199. The zero-order valence-corrected chi connectivity index (χ0v) is 14.4. The first-order chi connectivity index (χ1) is 10.2. The zero-order chi connectivity index (χ0) is 16.5. The van der Waals surface area contributed by atoms with Crippen LogP contribution in [0, 0.1) is 0 Å². The van der Waals surface area contributed by atoms with Crippen molar-refractivity contribution in [2.24, 2.45) is 0 Å². The molecule has 0 radical (unpaired) electrons. The van der Waals surface area contributed by atoms with Gasteiger partial charge < -0.3 is 14.2 Å². The quantitative estimate of drug-likeness (QED) is 0.832. The number of methoxy groups -OCH3 is 1. The smallest absolute Gasteiger partial charge is 0.178 e. The van der Waals surface area contributed by atoms with Crippen molar-refractivity contribution in [3.8, 4) is 5.75 Å². The number of ether oxygens (including phenoxy) is 3. The highest BCUT2D eigenvalue weighted by Gasteiger charge is 2.46. The van der Waals surface area contributed by atoms with Crippen LogP contribution in [0.5, 0.6) is 5.75 Å². The molecular formula is C16H22O5S. The Labute approximate surface area is 131 Å². The number of rotatable bonds is 5. The fourth-order valence-corrected chi connectivity index (χ4v) is 3.78. The van der Waals surface area contributed by atoms with E-state index < -0.39 is 21.5 Å². The van der Waals surface area contributed by atoms with Gasteiger partial charge in [0.05, 0.1) is 13.7 Å². The first kappa shape index (κ1) is 16.8. The summed E-state index contributed by atoms with van der Waals surface area (Å²) in [5.74, 6) is 1.09. The van der Waals surface area contributed by atoms with E-state index in [-0.39, 0.29) is 4.91 Å². The molecule has 22 heavy (non-hydrogen) atoms. The maximum atomic E-state index is 12.3. The Hall–Kier alpha value is -1.53. The van der Waals surface area contributed by atoms with Crippen LogP contribution in [0.25, 0.3) is 0 Å². The lowest BCUT2D eigenvalue weighted by molar-refractivity contribution is -0.0323. The van der Waals surface area contributed by atoms with E-state index in [0.29, 0.717) is 18.1 Å². The monoisotopic (exact) mass is 326 g/mol. The lowest BCUT2D eigenvalue weighted by atomic mass is 10.1. The summed E-state index contributed by atoms with van der Waals surface area (Å²) < 4.78 is 41.3. The van der Waals surface area contributed by atoms with Crippen LogP contribution in [-0.4, -0.2) is 34.0 Å². The third-order valence-electron chi connectivity index (χ3n) is 3.53. The molecule has 0 amide bonds. The topological polar surface area (TPSA) is 61.8 Å². The standard InChI is InChI=1S/C16H22O5S/c1-6-20-15-14(22(5,17)18)13(21-16(15,2)3)11-7-9-12(19-4)10-8-11/h7-10,13H,6H2,1-5H3/t13-/m0/s1. The summed E-state index contributed by atoms with van der Waals surface area (Å²) in [5, 5.41) is 0. The molecule has 1 heterocycles. The first-order valence-corrected chi connectivity index (χ1v) is 8.99.